The molecule has 29 heteroatoms. The van der Waals surface area contributed by atoms with Gasteiger partial charge in [-0.05, 0) is 0 Å². The first kappa shape index (κ1) is 152. The van der Waals surface area contributed by atoms with Crippen molar-refractivity contribution in [3.8, 4) is 0 Å². The third-order valence-corrected chi connectivity index (χ3v) is 73.2. The molecule has 0 saturated carbocycles. The van der Waals surface area contributed by atoms with Gasteiger partial charge in [0.25, 0.3) is 0 Å². The maximum Gasteiger partial charge on any atom is 1.00 e. The molecular weight excluding hydrogens is 1570 g/mol. The van der Waals surface area contributed by atoms with Crippen molar-refractivity contribution in [2.24, 2.45) is 0 Å². The van der Waals surface area contributed by atoms with E-state index in [1.165, 1.54) is 150 Å². The molecule has 0 aliphatic heterocycles. The van der Waals surface area contributed by atoms with Gasteiger partial charge in [0.05, 0.1) is 40.4 Å². The first-order valence-electron chi connectivity index (χ1n) is 43.6. The van der Waals surface area contributed by atoms with E-state index in [-0.39, 0.29) is 226 Å². The van der Waals surface area contributed by atoms with E-state index in [1.54, 1.807) is 147 Å². The molecule has 0 amide bonds. The van der Waals surface area contributed by atoms with Crippen LogP contribution >= 0.6 is 0 Å². The Bertz CT molecular complexity index is 1660. The van der Waals surface area contributed by atoms with Crippen molar-refractivity contribution in [3.05, 3.63) is 78.6 Å². The van der Waals surface area contributed by atoms with Crippen molar-refractivity contribution >= 4 is 137 Å². The van der Waals surface area contributed by atoms with Gasteiger partial charge in [-0.1, -0.05) is 453 Å². The molecule has 0 fully saturated rings. The summed E-state index contributed by atoms with van der Waals surface area (Å²) in [7, 11) is -25.5. The third-order valence-electron chi connectivity index (χ3n) is 24.4. The Morgan fingerprint density at radius 3 is 0.186 bits per heavy atom. The van der Waals surface area contributed by atoms with Gasteiger partial charge < -0.3 is 78.6 Å². The van der Waals surface area contributed by atoms with Crippen LogP contribution in [0.5, 0.6) is 0 Å². The molecule has 0 aromatic rings. The molecule has 0 radical (unpaired) electrons. The van der Waals surface area contributed by atoms with E-state index in [9.17, 15) is 0 Å². The van der Waals surface area contributed by atoms with E-state index in [0.29, 0.717) is 0 Å². The normalized spacial score (nSPS) is 13.3. The Labute approximate surface area is 882 Å². The molecule has 0 nitrogen and oxygen atoms in total. The van der Waals surface area contributed by atoms with Crippen LogP contribution in [0.3, 0.4) is 0 Å². The van der Waals surface area contributed by atoms with Gasteiger partial charge in [-0.3, -0.25) is 0 Å². The second-order valence-corrected chi connectivity index (χ2v) is 130. The Morgan fingerprint density at radius 2 is 0.142 bits per heavy atom. The van der Waals surface area contributed by atoms with Crippen LogP contribution in [0.2, 0.25) is 351 Å². The number of rotatable bonds is 64. The molecule has 608 valence electrons. The van der Waals surface area contributed by atoms with Crippen LogP contribution in [0.4, 0.5) is 0 Å². The largest absolute Gasteiger partial charge is 1.00 e. The summed E-state index contributed by atoms with van der Waals surface area (Å²) < 4.78 is 0. The Hall–Kier alpha value is 10.9. The zero-order chi connectivity index (χ0) is 78.4. The van der Waals surface area contributed by atoms with E-state index in [4.69, 9.17) is 78.6 Å². The predicted octanol–water partition coefficient (Wildman–Crippen LogP) is -3.50. The first-order chi connectivity index (χ1) is 45.3. The van der Waals surface area contributed by atoms with Crippen LogP contribution in [-0.2, 0) is 0 Å². The summed E-state index contributed by atoms with van der Waals surface area (Å²) in [6.07, 6.45) is 23.8. The van der Waals surface area contributed by atoms with Crippen molar-refractivity contribution in [2.75, 3.05) is 0 Å². The summed E-state index contributed by atoms with van der Waals surface area (Å²) in [6.45, 7) is 121. The number of hydrogen-bond acceptors (Lipinski definition) is 0. The van der Waals surface area contributed by atoms with Gasteiger partial charge in [0.15, 0.2) is 0 Å². The topological polar surface area (TPSA) is 0 Å². The van der Waals surface area contributed by atoms with Crippen LogP contribution in [0.1, 0.15) is 103 Å². The van der Waals surface area contributed by atoms with E-state index in [0.717, 1.165) is 0 Å². The minimum atomic E-state index is -1.88. The first-order valence-corrected chi connectivity index (χ1v) is 98.7. The van der Waals surface area contributed by atoms with Crippen LogP contribution in [0.25, 0.3) is 0 Å². The standard InChI is InChI=1S/C84H192Si17.12Li/c1-85(2,3)53-37-65-97(66-38-54-86(4,5)6,67-39-55-87(7,8)9)77-49-81-101(82-50-78-98(68-40-56-88(10,11)12,69-41-57-89(13,14)15)70-42-58-90(16,17)18,83-51-79-99(71-43-59-91(19,20)21,72-44-60-92(22,23)24)73-45-61-93(25,26)27)84-52-80-100(74-46-62-94(28,29)30,75-47-63-95(31,32)33)76-48-64-96(34,35)36;;;;;;;;;;;;/h1,4,7,10,13,16,19,22,25,28,31,34,37-84H2,2-3,5-6,8-9,11-12,14-15,17-18,20-21,23-24,26-27,29-30,32-33,35-36H3;;;;;;;;;;;;/q-12;12*+1. The van der Waals surface area contributed by atoms with Crippen LogP contribution in [0, 0.1) is 78.6 Å². The summed E-state index contributed by atoms with van der Waals surface area (Å²) in [5, 5.41) is 0. The quantitative estimate of drug-likeness (QED) is 0.0439. The van der Waals surface area contributed by atoms with Crippen molar-refractivity contribution in [3.63, 3.8) is 0 Å². The molecule has 0 aromatic carbocycles. The second-order valence-electron chi connectivity index (χ2n) is 47.1. The molecule has 0 aliphatic carbocycles. The number of hydrogen-bond donors (Lipinski definition) is 0. The maximum atomic E-state index is 4.91. The summed E-state index contributed by atoms with van der Waals surface area (Å²) in [6, 6.07) is 49.0. The van der Waals surface area contributed by atoms with Gasteiger partial charge in [-0.2, -0.15) is 0 Å². The van der Waals surface area contributed by atoms with E-state index in [2.05, 4.69) is 157 Å². The smallest absolute Gasteiger partial charge is 0.342 e. The Kier molecular flexibility index (Phi) is 94.9. The average molecular weight is 1760 g/mol. The minimum Gasteiger partial charge on any atom is -0.342 e. The predicted molar refractivity (Wildman–Crippen MR) is 531 cm³/mol. The molecule has 113 heavy (non-hydrogen) atoms. The van der Waals surface area contributed by atoms with E-state index >= 15 is 0 Å². The third kappa shape index (κ3) is 93.1. The zero-order valence-corrected chi connectivity index (χ0v) is 104. The fourth-order valence-electron chi connectivity index (χ4n) is 18.4. The molecule has 0 unspecified atom stereocenters. The van der Waals surface area contributed by atoms with E-state index in [1.807, 2.05) is 0 Å². The molecular formula is C84H192Li12Si17. The van der Waals surface area contributed by atoms with Crippen LogP contribution in [0.15, 0.2) is 0 Å². The van der Waals surface area contributed by atoms with Crippen LogP contribution < -0.4 is 226 Å². The zero-order valence-electron chi connectivity index (χ0n) is 86.9. The van der Waals surface area contributed by atoms with Gasteiger partial charge in [0.2, 0.25) is 0 Å². The molecule has 0 spiro atoms. The minimum absolute atomic E-state index is 0. The van der Waals surface area contributed by atoms with Crippen molar-refractivity contribution in [2.45, 2.75) is 453 Å². The molecule has 0 heterocycles. The molecule has 0 rings (SSSR count). The fourth-order valence-corrected chi connectivity index (χ4v) is 63.7. The van der Waals surface area contributed by atoms with Crippen molar-refractivity contribution in [1.82, 2.24) is 0 Å². The van der Waals surface area contributed by atoms with E-state index < -0.39 is 137 Å². The molecule has 0 saturated heterocycles. The van der Waals surface area contributed by atoms with Gasteiger partial charge >= 0.3 is 226 Å². The van der Waals surface area contributed by atoms with Gasteiger partial charge in [-0.15, -0.1) is 96.9 Å². The summed E-state index contributed by atoms with van der Waals surface area (Å²) in [5.41, 5.74) is 0. The van der Waals surface area contributed by atoms with Gasteiger partial charge in [-0.25, -0.2) is 0 Å². The maximum absolute atomic E-state index is 4.91. The molecule has 0 bridgehead atoms. The molecule has 0 atom stereocenters. The molecule has 0 N–H and O–H groups in total. The average Bonchev–Trinajstić information content (AvgIpc) is 0.832. The summed E-state index contributed by atoms with van der Waals surface area (Å²) in [4.78, 5) is 0. The second kappa shape index (κ2) is 70.5. The monoisotopic (exact) mass is 1760 g/mol. The van der Waals surface area contributed by atoms with Gasteiger partial charge in [0, 0.05) is 0 Å². The Balaban J connectivity index is -0.000000758. The van der Waals surface area contributed by atoms with Crippen molar-refractivity contribution < 1.29 is 226 Å². The summed E-state index contributed by atoms with van der Waals surface area (Å²) >= 11 is 0. The van der Waals surface area contributed by atoms with Crippen molar-refractivity contribution in [1.29, 1.82) is 0 Å². The van der Waals surface area contributed by atoms with Crippen LogP contribution in [-0.4, -0.2) is 137 Å². The summed E-state index contributed by atoms with van der Waals surface area (Å²) in [5.74, 6) is 0. The molecule has 0 aromatic heterocycles. The van der Waals surface area contributed by atoms with Gasteiger partial charge in [0.1, 0.15) is 0 Å². The fraction of sp³-hybridized carbons (Fsp3) is 0.857. The SMILES string of the molecule is [CH2-][Si](C)(C)CCC[Si](CCC[Si]([CH2-])(C)C)(CCC[Si]([CH2-])(C)C)CCC[Si](CCC[Si](CCC[Si]([CH2-])(C)C)(CCC[Si]([CH2-])(C)C)CCC[Si]([CH2-])(C)C)(CCC[Si](CCC[Si]([CH2-])(C)C)(CCC[Si]([CH2-])(C)C)CCC[Si]([CH2-])(C)C)CCC[Si](CCC[Si]([CH2-])(C)C)(CCC[Si]([CH2-])(C)C)CCC[Si]([CH2-])(C)C.[Li+].[Li+].[Li+].[Li+].[Li+].[Li+].[Li+].[Li+].[Li+].[Li+].[Li+].[Li+]. The molecule has 0 aliphatic rings. The Morgan fingerprint density at radius 1 is 0.0973 bits per heavy atom.